The highest BCUT2D eigenvalue weighted by Crippen LogP contribution is 2.19. The minimum absolute atomic E-state index is 0.573. The summed E-state index contributed by atoms with van der Waals surface area (Å²) < 4.78 is 6.72. The van der Waals surface area contributed by atoms with Crippen LogP contribution < -0.4 is 5.73 Å². The van der Waals surface area contributed by atoms with E-state index in [1.165, 1.54) is 3.57 Å². The molecule has 0 unspecified atom stereocenters. The van der Waals surface area contributed by atoms with Gasteiger partial charge in [-0.1, -0.05) is 0 Å². The fourth-order valence-electron chi connectivity index (χ4n) is 1.32. The van der Waals surface area contributed by atoms with E-state index in [2.05, 4.69) is 32.8 Å². The van der Waals surface area contributed by atoms with Crippen LogP contribution in [0.2, 0.25) is 0 Å². The third kappa shape index (κ3) is 2.79. The average molecular weight is 329 g/mol. The minimum Gasteiger partial charge on any atom is -0.421 e. The van der Waals surface area contributed by atoms with Crippen LogP contribution in [0.3, 0.4) is 0 Å². The van der Waals surface area contributed by atoms with E-state index in [4.69, 9.17) is 10.2 Å². The first-order valence-corrected chi connectivity index (χ1v) is 6.16. The SMILES string of the molecule is NCCCc1nnc(-c2ccc(I)cc2)o1. The third-order valence-corrected chi connectivity index (χ3v) is 2.87. The van der Waals surface area contributed by atoms with Gasteiger partial charge in [0.25, 0.3) is 0 Å². The Hall–Kier alpha value is -0.950. The Labute approximate surface area is 107 Å². The van der Waals surface area contributed by atoms with Gasteiger partial charge in [0.05, 0.1) is 0 Å². The number of halogens is 1. The van der Waals surface area contributed by atoms with Crippen molar-refractivity contribution in [2.24, 2.45) is 5.73 Å². The number of rotatable bonds is 4. The molecule has 1 aromatic heterocycles. The molecule has 2 aromatic rings. The van der Waals surface area contributed by atoms with Gasteiger partial charge in [-0.3, -0.25) is 0 Å². The van der Waals surface area contributed by atoms with E-state index in [1.54, 1.807) is 0 Å². The molecule has 5 heteroatoms. The van der Waals surface area contributed by atoms with Crippen LogP contribution in [0, 0.1) is 3.57 Å². The molecule has 0 radical (unpaired) electrons. The summed E-state index contributed by atoms with van der Waals surface area (Å²) in [5, 5.41) is 7.99. The molecule has 1 aromatic carbocycles. The quantitative estimate of drug-likeness (QED) is 0.874. The molecule has 0 aliphatic carbocycles. The second kappa shape index (κ2) is 5.40. The second-order valence-corrected chi connectivity index (χ2v) is 4.65. The Morgan fingerprint density at radius 3 is 2.62 bits per heavy atom. The summed E-state index contributed by atoms with van der Waals surface area (Å²) in [5.41, 5.74) is 6.37. The lowest BCUT2D eigenvalue weighted by atomic mass is 10.2. The predicted molar refractivity (Wildman–Crippen MR) is 69.8 cm³/mol. The molecule has 2 rings (SSSR count). The third-order valence-electron chi connectivity index (χ3n) is 2.15. The van der Waals surface area contributed by atoms with E-state index in [1.807, 2.05) is 24.3 Å². The molecule has 4 nitrogen and oxygen atoms in total. The molecule has 84 valence electrons. The predicted octanol–water partition coefficient (Wildman–Crippen LogP) is 2.23. The van der Waals surface area contributed by atoms with Crippen molar-refractivity contribution in [1.29, 1.82) is 0 Å². The summed E-state index contributed by atoms with van der Waals surface area (Å²) in [4.78, 5) is 0. The number of nitrogens with two attached hydrogens (primary N) is 1. The number of aryl methyl sites for hydroxylation is 1. The summed E-state index contributed by atoms with van der Waals surface area (Å²) >= 11 is 2.26. The summed E-state index contributed by atoms with van der Waals surface area (Å²) in [6, 6.07) is 7.98. The minimum atomic E-state index is 0.573. The zero-order valence-corrected chi connectivity index (χ0v) is 10.8. The Kier molecular flexibility index (Phi) is 3.89. The normalized spacial score (nSPS) is 10.6. The molecular weight excluding hydrogens is 317 g/mol. The summed E-state index contributed by atoms with van der Waals surface area (Å²) in [6.07, 6.45) is 1.61. The number of hydrogen-bond acceptors (Lipinski definition) is 4. The van der Waals surface area contributed by atoms with E-state index in [9.17, 15) is 0 Å². The number of aromatic nitrogens is 2. The highest BCUT2D eigenvalue weighted by Gasteiger charge is 2.07. The maximum absolute atomic E-state index is 5.53. The molecule has 16 heavy (non-hydrogen) atoms. The molecule has 0 amide bonds. The van der Waals surface area contributed by atoms with Crippen LogP contribution in [0.25, 0.3) is 11.5 Å². The van der Waals surface area contributed by atoms with Crippen molar-refractivity contribution in [2.75, 3.05) is 6.54 Å². The fourth-order valence-corrected chi connectivity index (χ4v) is 1.68. The zero-order chi connectivity index (χ0) is 11.4. The summed E-state index contributed by atoms with van der Waals surface area (Å²) in [6.45, 7) is 0.640. The molecule has 0 saturated carbocycles. The summed E-state index contributed by atoms with van der Waals surface area (Å²) in [5.74, 6) is 1.22. The van der Waals surface area contributed by atoms with Crippen LogP contribution in [-0.2, 0) is 6.42 Å². The standard InChI is InChI=1S/C11H12IN3O/c12-9-5-3-8(4-6-9)11-15-14-10(16-11)2-1-7-13/h3-6H,1-2,7,13H2. The van der Waals surface area contributed by atoms with Crippen molar-refractivity contribution in [1.82, 2.24) is 10.2 Å². The zero-order valence-electron chi connectivity index (χ0n) is 8.69. The molecule has 0 bridgehead atoms. The van der Waals surface area contributed by atoms with Crippen LogP contribution in [-0.4, -0.2) is 16.7 Å². The van der Waals surface area contributed by atoms with Crippen LogP contribution in [0.1, 0.15) is 12.3 Å². The maximum Gasteiger partial charge on any atom is 0.247 e. The molecular formula is C11H12IN3O. The summed E-state index contributed by atoms with van der Waals surface area (Å²) in [7, 11) is 0. The fraction of sp³-hybridized carbons (Fsp3) is 0.273. The number of nitrogens with zero attached hydrogens (tertiary/aromatic N) is 2. The van der Waals surface area contributed by atoms with Gasteiger partial charge in [-0.25, -0.2) is 0 Å². The average Bonchev–Trinajstić information content (AvgIpc) is 2.76. The van der Waals surface area contributed by atoms with Crippen molar-refractivity contribution in [3.05, 3.63) is 33.7 Å². The van der Waals surface area contributed by atoms with Gasteiger partial charge in [0.2, 0.25) is 11.8 Å². The van der Waals surface area contributed by atoms with Crippen LogP contribution in [0.4, 0.5) is 0 Å². The second-order valence-electron chi connectivity index (χ2n) is 3.40. The van der Waals surface area contributed by atoms with E-state index in [0.29, 0.717) is 18.3 Å². The number of benzene rings is 1. The molecule has 0 atom stereocenters. The van der Waals surface area contributed by atoms with Crippen LogP contribution in [0.5, 0.6) is 0 Å². The molecule has 0 spiro atoms. The molecule has 0 aliphatic heterocycles. The first-order chi connectivity index (χ1) is 7.79. The first-order valence-electron chi connectivity index (χ1n) is 5.08. The molecule has 2 N–H and O–H groups in total. The van der Waals surface area contributed by atoms with Gasteiger partial charge in [-0.2, -0.15) is 0 Å². The van der Waals surface area contributed by atoms with Gasteiger partial charge in [-0.05, 0) is 59.8 Å². The van der Waals surface area contributed by atoms with Crippen molar-refractivity contribution >= 4 is 22.6 Å². The lowest BCUT2D eigenvalue weighted by Gasteiger charge is -1.94. The van der Waals surface area contributed by atoms with Crippen LogP contribution in [0.15, 0.2) is 28.7 Å². The van der Waals surface area contributed by atoms with Crippen LogP contribution >= 0.6 is 22.6 Å². The van der Waals surface area contributed by atoms with Gasteiger partial charge >= 0.3 is 0 Å². The van der Waals surface area contributed by atoms with E-state index >= 15 is 0 Å². The highest BCUT2D eigenvalue weighted by molar-refractivity contribution is 14.1. The number of hydrogen-bond donors (Lipinski definition) is 1. The van der Waals surface area contributed by atoms with Gasteiger partial charge < -0.3 is 10.2 Å². The Morgan fingerprint density at radius 1 is 1.19 bits per heavy atom. The topological polar surface area (TPSA) is 64.9 Å². The highest BCUT2D eigenvalue weighted by atomic mass is 127. The first kappa shape index (κ1) is 11.5. The van der Waals surface area contributed by atoms with Gasteiger partial charge in [0.1, 0.15) is 0 Å². The van der Waals surface area contributed by atoms with Crippen molar-refractivity contribution in [3.8, 4) is 11.5 Å². The van der Waals surface area contributed by atoms with Crippen molar-refractivity contribution < 1.29 is 4.42 Å². The Balaban J connectivity index is 2.15. The molecule has 0 aliphatic rings. The molecule has 1 heterocycles. The maximum atomic E-state index is 5.53. The van der Waals surface area contributed by atoms with Crippen molar-refractivity contribution in [3.63, 3.8) is 0 Å². The van der Waals surface area contributed by atoms with E-state index in [0.717, 1.165) is 18.4 Å². The lowest BCUT2D eigenvalue weighted by Crippen LogP contribution is -2.00. The molecule has 0 saturated heterocycles. The van der Waals surface area contributed by atoms with Gasteiger partial charge in [0, 0.05) is 15.6 Å². The molecule has 0 fully saturated rings. The smallest absolute Gasteiger partial charge is 0.247 e. The van der Waals surface area contributed by atoms with Gasteiger partial charge in [-0.15, -0.1) is 10.2 Å². The van der Waals surface area contributed by atoms with E-state index in [-0.39, 0.29) is 0 Å². The largest absolute Gasteiger partial charge is 0.421 e. The van der Waals surface area contributed by atoms with Gasteiger partial charge in [0.15, 0.2) is 0 Å². The lowest BCUT2D eigenvalue weighted by molar-refractivity contribution is 0.499. The van der Waals surface area contributed by atoms with E-state index < -0.39 is 0 Å². The Morgan fingerprint density at radius 2 is 1.94 bits per heavy atom. The van der Waals surface area contributed by atoms with Crippen molar-refractivity contribution in [2.45, 2.75) is 12.8 Å². The Bertz CT molecular complexity index is 453. The monoisotopic (exact) mass is 329 g/mol.